The second-order valence-corrected chi connectivity index (χ2v) is 9.25. The third kappa shape index (κ3) is 1.96. The predicted molar refractivity (Wildman–Crippen MR) is 95.5 cm³/mol. The number of hydrogen-bond donors (Lipinski definition) is 1. The molecule has 4 bridgehead atoms. The molecule has 7 rings (SSSR count). The first-order chi connectivity index (χ1) is 12.7. The molecule has 1 aromatic heterocycles. The predicted octanol–water partition coefficient (Wildman–Crippen LogP) is 2.18. The van der Waals surface area contributed by atoms with E-state index in [4.69, 9.17) is 4.74 Å². The van der Waals surface area contributed by atoms with E-state index in [-0.39, 0.29) is 5.41 Å². The number of carbonyl (C=O) groups excluding carboxylic acids is 1. The molecule has 6 aliphatic rings. The smallest absolute Gasteiger partial charge is 0.226 e. The van der Waals surface area contributed by atoms with E-state index in [0.29, 0.717) is 29.7 Å². The molecule has 6 fully saturated rings. The third-order valence-corrected chi connectivity index (χ3v) is 8.16. The number of methoxy groups -OCH3 is 1. The van der Waals surface area contributed by atoms with Crippen LogP contribution in [0.3, 0.4) is 0 Å². The molecule has 5 aliphatic carbocycles. The van der Waals surface area contributed by atoms with E-state index in [9.17, 15) is 4.79 Å². The fourth-order valence-corrected chi connectivity index (χ4v) is 6.97. The van der Waals surface area contributed by atoms with Crippen LogP contribution in [0.25, 0.3) is 0 Å². The lowest BCUT2D eigenvalue weighted by Crippen LogP contribution is -2.64. The molecule has 1 N–H and O–H groups in total. The maximum absolute atomic E-state index is 13.1. The van der Waals surface area contributed by atoms with Crippen molar-refractivity contribution in [1.82, 2.24) is 14.9 Å². The Morgan fingerprint density at radius 3 is 2.81 bits per heavy atom. The zero-order valence-corrected chi connectivity index (χ0v) is 15.2. The molecular weight excluding hydrogens is 328 g/mol. The summed E-state index contributed by atoms with van der Waals surface area (Å²) >= 11 is 0. The van der Waals surface area contributed by atoms with Crippen LogP contribution in [0.5, 0.6) is 5.88 Å². The summed E-state index contributed by atoms with van der Waals surface area (Å²) in [7, 11) is 1.62. The normalized spacial score (nSPS) is 40.6. The summed E-state index contributed by atoms with van der Waals surface area (Å²) in [5.41, 5.74) is 0.234. The zero-order chi connectivity index (χ0) is 17.5. The van der Waals surface area contributed by atoms with Gasteiger partial charge in [0.05, 0.1) is 7.11 Å². The number of carbonyl (C=O) groups is 1. The summed E-state index contributed by atoms with van der Waals surface area (Å²) in [6.07, 6.45) is 7.79. The number of amides is 1. The summed E-state index contributed by atoms with van der Waals surface area (Å²) < 4.78 is 5.20. The maximum atomic E-state index is 13.1. The van der Waals surface area contributed by atoms with Gasteiger partial charge in [0.25, 0.3) is 0 Å². The highest BCUT2D eigenvalue weighted by molar-refractivity contribution is 5.82. The van der Waals surface area contributed by atoms with Crippen molar-refractivity contribution in [2.45, 2.75) is 38.1 Å². The molecule has 26 heavy (non-hydrogen) atoms. The first kappa shape index (κ1) is 15.2. The highest BCUT2D eigenvalue weighted by Gasteiger charge is 2.71. The van der Waals surface area contributed by atoms with Crippen LogP contribution in [0.15, 0.2) is 12.4 Å². The molecule has 1 spiro atoms. The van der Waals surface area contributed by atoms with Crippen LogP contribution in [-0.2, 0) is 4.79 Å². The van der Waals surface area contributed by atoms with Crippen molar-refractivity contribution in [3.05, 3.63) is 12.4 Å². The van der Waals surface area contributed by atoms with Gasteiger partial charge in [-0.2, -0.15) is 0 Å². The minimum Gasteiger partial charge on any atom is -0.481 e. The van der Waals surface area contributed by atoms with E-state index < -0.39 is 0 Å². The maximum Gasteiger partial charge on any atom is 0.226 e. The van der Waals surface area contributed by atoms with Gasteiger partial charge in [-0.1, -0.05) is 6.42 Å². The van der Waals surface area contributed by atoms with Crippen molar-refractivity contribution in [3.63, 3.8) is 0 Å². The number of nitrogens with zero attached hydrogens (tertiary/aromatic N) is 3. The van der Waals surface area contributed by atoms with Gasteiger partial charge in [-0.3, -0.25) is 4.79 Å². The van der Waals surface area contributed by atoms with Crippen LogP contribution in [0, 0.1) is 35.0 Å². The van der Waals surface area contributed by atoms with E-state index in [1.54, 1.807) is 7.11 Å². The number of aromatic nitrogens is 2. The Bertz CT molecular complexity index is 748. The van der Waals surface area contributed by atoms with Gasteiger partial charge in [0.15, 0.2) is 0 Å². The van der Waals surface area contributed by atoms with Crippen molar-refractivity contribution in [3.8, 4) is 5.88 Å². The molecule has 0 radical (unpaired) electrons. The fraction of sp³-hybridized carbons (Fsp3) is 0.750. The molecule has 4 unspecified atom stereocenters. The molecule has 0 aromatic carbocycles. The molecule has 1 saturated heterocycles. The molecule has 5 saturated carbocycles. The number of anilines is 1. The Balaban J connectivity index is 1.13. The van der Waals surface area contributed by atoms with Crippen molar-refractivity contribution in [2.75, 3.05) is 25.5 Å². The van der Waals surface area contributed by atoms with Crippen molar-refractivity contribution in [2.24, 2.45) is 35.0 Å². The standard InChI is InChI=1S/C20H26N4O2/c1-26-16-7-15(21-10-22-16)23-14-3-2-4-20(14)8-24(9-20)19(25)17-11-5-12-13(6-11)18(12)17/h7,10-14,17-18H,2-6,8-9H2,1H3,(H,21,22,23). The van der Waals surface area contributed by atoms with Crippen LogP contribution < -0.4 is 10.1 Å². The molecule has 1 amide bonds. The lowest BCUT2D eigenvalue weighted by molar-refractivity contribution is -0.149. The lowest BCUT2D eigenvalue weighted by atomic mass is 9.74. The monoisotopic (exact) mass is 354 g/mol. The molecule has 6 heteroatoms. The van der Waals surface area contributed by atoms with Crippen LogP contribution in [-0.4, -0.2) is 47.0 Å². The molecule has 6 nitrogen and oxygen atoms in total. The van der Waals surface area contributed by atoms with E-state index in [1.807, 2.05) is 6.07 Å². The number of rotatable bonds is 4. The van der Waals surface area contributed by atoms with Crippen LogP contribution >= 0.6 is 0 Å². The van der Waals surface area contributed by atoms with E-state index in [1.165, 1.54) is 32.0 Å². The quantitative estimate of drug-likeness (QED) is 0.898. The zero-order valence-electron chi connectivity index (χ0n) is 15.2. The topological polar surface area (TPSA) is 67.3 Å². The Hall–Kier alpha value is -1.85. The largest absolute Gasteiger partial charge is 0.481 e. The van der Waals surface area contributed by atoms with Gasteiger partial charge in [0.1, 0.15) is 12.1 Å². The molecule has 1 aliphatic heterocycles. The minimum atomic E-state index is 0.234. The molecular formula is C20H26N4O2. The van der Waals surface area contributed by atoms with Gasteiger partial charge in [-0.15, -0.1) is 0 Å². The Morgan fingerprint density at radius 2 is 2.12 bits per heavy atom. The molecule has 2 heterocycles. The first-order valence-corrected chi connectivity index (χ1v) is 10.1. The van der Waals surface area contributed by atoms with Gasteiger partial charge < -0.3 is 15.0 Å². The second kappa shape index (κ2) is 5.11. The van der Waals surface area contributed by atoms with E-state index in [0.717, 1.165) is 43.1 Å². The van der Waals surface area contributed by atoms with Gasteiger partial charge in [-0.05, 0) is 49.4 Å². The summed E-state index contributed by atoms with van der Waals surface area (Å²) in [6.45, 7) is 1.86. The summed E-state index contributed by atoms with van der Waals surface area (Å²) in [5, 5.41) is 3.60. The number of nitrogens with one attached hydrogen (secondary N) is 1. The van der Waals surface area contributed by atoms with Crippen LogP contribution in [0.1, 0.15) is 32.1 Å². The average Bonchev–Trinajstić information content (AvgIpc) is 3.14. The highest BCUT2D eigenvalue weighted by atomic mass is 16.5. The molecule has 4 atom stereocenters. The number of likely N-dealkylation sites (tertiary alicyclic amines) is 1. The van der Waals surface area contributed by atoms with Crippen LogP contribution in [0.2, 0.25) is 0 Å². The Labute approximate surface area is 153 Å². The van der Waals surface area contributed by atoms with Gasteiger partial charge in [0.2, 0.25) is 11.8 Å². The second-order valence-electron chi connectivity index (χ2n) is 9.25. The minimum absolute atomic E-state index is 0.234. The van der Waals surface area contributed by atoms with Crippen molar-refractivity contribution in [1.29, 1.82) is 0 Å². The number of hydrogen-bond acceptors (Lipinski definition) is 5. The van der Waals surface area contributed by atoms with Crippen molar-refractivity contribution < 1.29 is 9.53 Å². The van der Waals surface area contributed by atoms with Crippen molar-refractivity contribution >= 4 is 11.7 Å². The van der Waals surface area contributed by atoms with Gasteiger partial charge >= 0.3 is 0 Å². The fourth-order valence-electron chi connectivity index (χ4n) is 6.97. The van der Waals surface area contributed by atoms with Crippen LogP contribution in [0.4, 0.5) is 5.82 Å². The molecule has 138 valence electrons. The van der Waals surface area contributed by atoms with E-state index in [2.05, 4.69) is 20.2 Å². The van der Waals surface area contributed by atoms with E-state index >= 15 is 0 Å². The average molecular weight is 354 g/mol. The van der Waals surface area contributed by atoms with Gasteiger partial charge in [-0.25, -0.2) is 9.97 Å². The SMILES string of the molecule is COc1cc(NC2CCCC23CN(C(=O)C2C4CC5C(C4)C52)C3)ncn1. The summed E-state index contributed by atoms with van der Waals surface area (Å²) in [4.78, 5) is 23.6. The molecule has 1 aromatic rings. The lowest BCUT2D eigenvalue weighted by Gasteiger charge is -2.52. The highest BCUT2D eigenvalue weighted by Crippen LogP contribution is 2.73. The third-order valence-electron chi connectivity index (χ3n) is 8.16. The first-order valence-electron chi connectivity index (χ1n) is 10.1. The Morgan fingerprint density at radius 1 is 1.31 bits per heavy atom. The van der Waals surface area contributed by atoms with Gasteiger partial charge in [0, 0.05) is 36.5 Å². The number of ether oxygens (including phenoxy) is 1. The Kier molecular flexibility index (Phi) is 2.99. The summed E-state index contributed by atoms with van der Waals surface area (Å²) in [5.74, 6) is 5.56. The summed E-state index contributed by atoms with van der Waals surface area (Å²) in [6, 6.07) is 2.24.